The highest BCUT2D eigenvalue weighted by Crippen LogP contribution is 2.66. The van der Waals surface area contributed by atoms with Crippen LogP contribution < -0.4 is 0 Å². The molecule has 2 atom stereocenters. The first-order valence-electron chi connectivity index (χ1n) is 17.7. The molecule has 6 rings (SSSR count). The largest absolute Gasteiger partial charge is 0.301 e. The zero-order valence-electron chi connectivity index (χ0n) is 26.3. The van der Waals surface area contributed by atoms with Crippen LogP contribution in [0.15, 0.2) is 51.6 Å². The molecule has 0 aromatic rings. The summed E-state index contributed by atoms with van der Waals surface area (Å²) in [6.45, 7) is 0. The molecule has 41 heavy (non-hydrogen) atoms. The molecule has 3 heteroatoms. The van der Waals surface area contributed by atoms with Crippen molar-refractivity contribution in [2.45, 2.75) is 157 Å². The van der Waals surface area contributed by atoms with Crippen molar-refractivity contribution in [1.82, 2.24) is 4.90 Å². The van der Waals surface area contributed by atoms with Crippen molar-refractivity contribution >= 4 is 15.8 Å². The Balaban J connectivity index is 1.33. The Bertz CT molecular complexity index is 1040. The average molecular weight is 589 g/mol. The van der Waals surface area contributed by atoms with Gasteiger partial charge in [-0.15, -0.1) is 0 Å². The summed E-state index contributed by atoms with van der Waals surface area (Å²) in [6.07, 6.45) is 39.1. The van der Waals surface area contributed by atoms with Gasteiger partial charge in [0.15, 0.2) is 0 Å². The summed E-state index contributed by atoms with van der Waals surface area (Å²) in [6, 6.07) is 0.359. The van der Waals surface area contributed by atoms with Crippen LogP contribution in [-0.2, 0) is 0 Å². The highest BCUT2D eigenvalue weighted by atomic mass is 31.1. The van der Waals surface area contributed by atoms with Gasteiger partial charge in [-0.1, -0.05) is 123 Å². The van der Waals surface area contributed by atoms with Gasteiger partial charge in [-0.2, -0.15) is 0 Å². The number of hydrogen-bond donors (Lipinski definition) is 0. The monoisotopic (exact) mass is 588 g/mol. The van der Waals surface area contributed by atoms with Crippen LogP contribution in [0.25, 0.3) is 0 Å². The van der Waals surface area contributed by atoms with Crippen molar-refractivity contribution in [1.29, 1.82) is 0 Å². The molecule has 4 fully saturated rings. The van der Waals surface area contributed by atoms with Gasteiger partial charge in [0.2, 0.25) is 0 Å². The van der Waals surface area contributed by atoms with Crippen LogP contribution in [0.4, 0.5) is 0 Å². The standard InChI is InChI=1S/C38H56NP2/c1-39(2)38(35-27-17-29-37(35)41(32-22-11-5-12-23-32)33-24-13-6-14-25-33)34-26-15-16-28-36(34)40(30-18-7-3-8-19-30)31-20-9-4-10-21-31/h15-16,26,28,30-34,38H,3-14,18-25H2,1-2H3/t34?,38-/m1/s1. The summed E-state index contributed by atoms with van der Waals surface area (Å²) in [5.74, 6) is 0.471. The summed E-state index contributed by atoms with van der Waals surface area (Å²) in [4.78, 5) is 2.57. The molecule has 6 aliphatic rings. The predicted molar refractivity (Wildman–Crippen MR) is 181 cm³/mol. The fourth-order valence-electron chi connectivity index (χ4n) is 9.35. The molecule has 4 saturated carbocycles. The SMILES string of the molecule is CN(C)[C@@H](C1=C=C=C=C1P(C1CCCCC1)C1CCCCC1)C1C=C[CH]C=C1P(C1CCCCC1)C1CCCCC1. The van der Waals surface area contributed by atoms with Crippen LogP contribution in [-0.4, -0.2) is 47.7 Å². The van der Waals surface area contributed by atoms with Crippen LogP contribution >= 0.6 is 15.8 Å². The maximum atomic E-state index is 3.82. The first kappa shape index (κ1) is 30.4. The first-order valence-corrected chi connectivity index (χ1v) is 20.6. The summed E-state index contributed by atoms with van der Waals surface area (Å²) in [5.41, 5.74) is 16.3. The van der Waals surface area contributed by atoms with Gasteiger partial charge in [0.1, 0.15) is 0 Å². The molecular weight excluding hydrogens is 532 g/mol. The third kappa shape index (κ3) is 7.04. The van der Waals surface area contributed by atoms with Crippen molar-refractivity contribution in [3.8, 4) is 0 Å². The molecule has 1 unspecified atom stereocenters. The average Bonchev–Trinajstić information content (AvgIpc) is 3.49. The van der Waals surface area contributed by atoms with E-state index < -0.39 is 0 Å². The number of nitrogens with zero attached hydrogens (tertiary/aromatic N) is 1. The van der Waals surface area contributed by atoms with Crippen LogP contribution in [0.5, 0.6) is 0 Å². The maximum absolute atomic E-state index is 3.82. The lowest BCUT2D eigenvalue weighted by Crippen LogP contribution is -2.39. The van der Waals surface area contributed by atoms with E-state index in [0.29, 0.717) is 12.0 Å². The third-order valence-electron chi connectivity index (χ3n) is 11.3. The van der Waals surface area contributed by atoms with E-state index in [-0.39, 0.29) is 15.8 Å². The molecule has 0 N–H and O–H groups in total. The van der Waals surface area contributed by atoms with E-state index in [0.717, 1.165) is 22.6 Å². The molecule has 0 spiro atoms. The maximum Gasteiger partial charge on any atom is 0.0538 e. The zero-order valence-corrected chi connectivity index (χ0v) is 28.0. The van der Waals surface area contributed by atoms with Crippen LogP contribution in [0, 0.1) is 12.3 Å². The Kier molecular flexibility index (Phi) is 11.1. The first-order chi connectivity index (χ1) is 20.2. The van der Waals surface area contributed by atoms with Gasteiger partial charge >= 0.3 is 0 Å². The fourth-order valence-corrected chi connectivity index (χ4v) is 17.3. The van der Waals surface area contributed by atoms with Gasteiger partial charge in [0.05, 0.1) is 6.04 Å². The van der Waals surface area contributed by atoms with Crippen molar-refractivity contribution in [2.24, 2.45) is 5.92 Å². The number of rotatable bonds is 9. The number of likely N-dealkylation sites (N-methyl/N-ethyl adjacent to an activating group) is 1. The second-order valence-electron chi connectivity index (χ2n) is 14.2. The van der Waals surface area contributed by atoms with E-state index in [4.69, 9.17) is 0 Å². The molecule has 0 aromatic heterocycles. The summed E-state index contributed by atoms with van der Waals surface area (Å²) >= 11 is 0. The summed E-state index contributed by atoms with van der Waals surface area (Å²) in [7, 11) is 4.39. The molecule has 0 saturated heterocycles. The normalized spacial score (nSPS) is 28.0. The topological polar surface area (TPSA) is 3.24 Å². The zero-order chi connectivity index (χ0) is 28.0. The number of allylic oxidation sites excluding steroid dienone is 2. The second kappa shape index (κ2) is 14.9. The van der Waals surface area contributed by atoms with Crippen molar-refractivity contribution < 1.29 is 0 Å². The molecule has 1 radical (unpaired) electrons. The molecule has 0 bridgehead atoms. The van der Waals surface area contributed by atoms with Crippen LogP contribution in [0.1, 0.15) is 128 Å². The van der Waals surface area contributed by atoms with E-state index in [1.807, 2.05) is 5.31 Å². The van der Waals surface area contributed by atoms with Crippen molar-refractivity contribution in [3.05, 3.63) is 58.0 Å². The van der Waals surface area contributed by atoms with E-state index in [1.165, 1.54) is 134 Å². The van der Waals surface area contributed by atoms with E-state index in [1.54, 1.807) is 5.31 Å². The van der Waals surface area contributed by atoms with E-state index in [9.17, 15) is 0 Å². The summed E-state index contributed by atoms with van der Waals surface area (Å²) in [5, 5.41) is 3.43. The highest BCUT2D eigenvalue weighted by molar-refractivity contribution is 7.64. The Hall–Kier alpha value is -0.620. The van der Waals surface area contributed by atoms with E-state index in [2.05, 4.69) is 60.8 Å². The second-order valence-corrected chi connectivity index (χ2v) is 19.7. The van der Waals surface area contributed by atoms with Gasteiger partial charge in [0, 0.05) is 23.2 Å². The molecular formula is C38H56NP2. The number of hydrogen-bond acceptors (Lipinski definition) is 1. The third-order valence-corrected chi connectivity index (χ3v) is 18.4. The lowest BCUT2D eigenvalue weighted by Gasteiger charge is -2.46. The van der Waals surface area contributed by atoms with Gasteiger partial charge in [-0.3, -0.25) is 0 Å². The Labute approximate surface area is 255 Å². The molecule has 1 nitrogen and oxygen atoms in total. The molecule has 0 amide bonds. The molecule has 6 aliphatic carbocycles. The quantitative estimate of drug-likeness (QED) is 0.191. The van der Waals surface area contributed by atoms with Gasteiger partial charge < -0.3 is 4.90 Å². The van der Waals surface area contributed by atoms with Crippen LogP contribution in [0.3, 0.4) is 0 Å². The molecule has 0 heterocycles. The smallest absolute Gasteiger partial charge is 0.0538 e. The predicted octanol–water partition coefficient (Wildman–Crippen LogP) is 11.2. The van der Waals surface area contributed by atoms with Crippen LogP contribution in [0.2, 0.25) is 0 Å². The highest BCUT2D eigenvalue weighted by Gasteiger charge is 2.43. The van der Waals surface area contributed by atoms with Gasteiger partial charge in [-0.05, 0) is 99.1 Å². The summed E-state index contributed by atoms with van der Waals surface area (Å²) < 4.78 is 0. The van der Waals surface area contributed by atoms with E-state index >= 15 is 0 Å². The fraction of sp³-hybridized carbons (Fsp3) is 0.737. The Morgan fingerprint density at radius 2 is 1.10 bits per heavy atom. The Morgan fingerprint density at radius 1 is 0.634 bits per heavy atom. The van der Waals surface area contributed by atoms with Gasteiger partial charge in [0.25, 0.3) is 0 Å². The molecule has 0 aliphatic heterocycles. The van der Waals surface area contributed by atoms with Crippen molar-refractivity contribution in [2.75, 3.05) is 14.1 Å². The van der Waals surface area contributed by atoms with Gasteiger partial charge in [-0.25, -0.2) is 0 Å². The Morgan fingerprint density at radius 3 is 1.56 bits per heavy atom. The minimum absolute atomic E-state index is 0.114. The van der Waals surface area contributed by atoms with Crippen molar-refractivity contribution in [3.63, 3.8) is 0 Å². The molecule has 0 aromatic carbocycles. The lowest BCUT2D eigenvalue weighted by molar-refractivity contribution is 0.298. The minimum Gasteiger partial charge on any atom is -0.301 e. The molecule has 223 valence electrons. The minimum atomic E-state index is -0.199. The lowest BCUT2D eigenvalue weighted by atomic mass is 9.88.